The Morgan fingerprint density at radius 3 is 2.40 bits per heavy atom. The van der Waals surface area contributed by atoms with Gasteiger partial charge in [-0.2, -0.15) is 0 Å². The van der Waals surface area contributed by atoms with Gasteiger partial charge in [0.1, 0.15) is 0 Å². The first-order valence-electron chi connectivity index (χ1n) is 6.23. The highest BCUT2D eigenvalue weighted by atomic mass is 35.5. The summed E-state index contributed by atoms with van der Waals surface area (Å²) in [6.07, 6.45) is 0.154. The SMILES string of the molecule is CC(N)(C(=O)Cc1cccc(Cl)c1Cl)c1ccccc1. The zero-order valence-corrected chi connectivity index (χ0v) is 12.6. The number of carbonyl (C=O) groups excluding carboxylic acids is 1. The number of halogens is 2. The average Bonchev–Trinajstić information content (AvgIpc) is 2.44. The molecule has 2 aromatic carbocycles. The van der Waals surface area contributed by atoms with E-state index in [2.05, 4.69) is 0 Å². The van der Waals surface area contributed by atoms with Gasteiger partial charge in [0.15, 0.2) is 5.78 Å². The van der Waals surface area contributed by atoms with Crippen molar-refractivity contribution in [2.45, 2.75) is 18.9 Å². The monoisotopic (exact) mass is 307 g/mol. The number of hydrogen-bond donors (Lipinski definition) is 1. The standard InChI is InChI=1S/C16H15Cl2NO/c1-16(19,12-7-3-2-4-8-12)14(20)10-11-6-5-9-13(17)15(11)18/h2-9H,10,19H2,1H3. The van der Waals surface area contributed by atoms with Gasteiger partial charge < -0.3 is 5.73 Å². The molecule has 0 aromatic heterocycles. The number of carbonyl (C=O) groups is 1. The Kier molecular flexibility index (Phi) is 4.48. The fourth-order valence-electron chi connectivity index (χ4n) is 1.99. The molecular formula is C16H15Cl2NO. The Bertz CT molecular complexity index is 624. The molecule has 0 aliphatic carbocycles. The molecule has 0 aliphatic rings. The second-order valence-corrected chi connectivity index (χ2v) is 5.67. The molecule has 0 fully saturated rings. The summed E-state index contributed by atoms with van der Waals surface area (Å²) in [6, 6.07) is 14.5. The van der Waals surface area contributed by atoms with Gasteiger partial charge in [-0.05, 0) is 24.1 Å². The van der Waals surface area contributed by atoms with Gasteiger partial charge in [-0.3, -0.25) is 4.79 Å². The molecule has 0 spiro atoms. The van der Waals surface area contributed by atoms with Crippen LogP contribution in [0.15, 0.2) is 48.5 Å². The minimum Gasteiger partial charge on any atom is -0.315 e. The smallest absolute Gasteiger partial charge is 0.161 e. The first-order valence-corrected chi connectivity index (χ1v) is 6.99. The highest BCUT2D eigenvalue weighted by Gasteiger charge is 2.30. The zero-order valence-electron chi connectivity index (χ0n) is 11.1. The minimum atomic E-state index is -1.05. The van der Waals surface area contributed by atoms with Crippen molar-refractivity contribution in [2.24, 2.45) is 5.73 Å². The van der Waals surface area contributed by atoms with E-state index in [0.29, 0.717) is 15.6 Å². The van der Waals surface area contributed by atoms with Crippen molar-refractivity contribution in [1.82, 2.24) is 0 Å². The van der Waals surface area contributed by atoms with Gasteiger partial charge in [0.05, 0.1) is 15.6 Å². The molecule has 0 radical (unpaired) electrons. The van der Waals surface area contributed by atoms with Crippen LogP contribution >= 0.6 is 23.2 Å². The lowest BCUT2D eigenvalue weighted by Gasteiger charge is -2.24. The summed E-state index contributed by atoms with van der Waals surface area (Å²) in [7, 11) is 0. The van der Waals surface area contributed by atoms with Gasteiger partial charge in [-0.15, -0.1) is 0 Å². The predicted octanol–water partition coefficient (Wildman–Crippen LogP) is 3.98. The molecule has 1 atom stereocenters. The number of nitrogens with two attached hydrogens (primary N) is 1. The van der Waals surface area contributed by atoms with Gasteiger partial charge in [0.2, 0.25) is 0 Å². The van der Waals surface area contributed by atoms with Crippen LogP contribution in [-0.2, 0) is 16.8 Å². The summed E-state index contributed by atoms with van der Waals surface area (Å²) in [6.45, 7) is 1.71. The number of hydrogen-bond acceptors (Lipinski definition) is 2. The van der Waals surface area contributed by atoms with Crippen molar-refractivity contribution >= 4 is 29.0 Å². The van der Waals surface area contributed by atoms with Crippen LogP contribution in [0.4, 0.5) is 0 Å². The topological polar surface area (TPSA) is 43.1 Å². The fourth-order valence-corrected chi connectivity index (χ4v) is 2.37. The summed E-state index contributed by atoms with van der Waals surface area (Å²) in [4.78, 5) is 12.5. The maximum absolute atomic E-state index is 12.5. The van der Waals surface area contributed by atoms with E-state index in [9.17, 15) is 4.79 Å². The molecule has 0 bridgehead atoms. The molecule has 2 nitrogen and oxygen atoms in total. The molecule has 20 heavy (non-hydrogen) atoms. The van der Waals surface area contributed by atoms with E-state index >= 15 is 0 Å². The molecule has 104 valence electrons. The van der Waals surface area contributed by atoms with Crippen molar-refractivity contribution in [3.63, 3.8) is 0 Å². The lowest BCUT2D eigenvalue weighted by Crippen LogP contribution is -2.42. The number of rotatable bonds is 4. The second-order valence-electron chi connectivity index (χ2n) is 4.88. The Labute approximate surface area is 128 Å². The highest BCUT2D eigenvalue weighted by Crippen LogP contribution is 2.28. The third-order valence-corrected chi connectivity index (χ3v) is 4.19. The molecular weight excluding hydrogens is 293 g/mol. The molecule has 1 unspecified atom stereocenters. The lowest BCUT2D eigenvalue weighted by molar-refractivity contribution is -0.123. The molecule has 0 amide bonds. The van der Waals surface area contributed by atoms with Crippen LogP contribution in [0.5, 0.6) is 0 Å². The van der Waals surface area contributed by atoms with Crippen molar-refractivity contribution in [1.29, 1.82) is 0 Å². The van der Waals surface area contributed by atoms with Crippen LogP contribution in [0.2, 0.25) is 10.0 Å². The van der Waals surface area contributed by atoms with Crippen LogP contribution in [0, 0.1) is 0 Å². The predicted molar refractivity (Wildman–Crippen MR) is 83.2 cm³/mol. The maximum atomic E-state index is 12.5. The highest BCUT2D eigenvalue weighted by molar-refractivity contribution is 6.42. The lowest BCUT2D eigenvalue weighted by atomic mass is 9.86. The van der Waals surface area contributed by atoms with E-state index in [-0.39, 0.29) is 12.2 Å². The van der Waals surface area contributed by atoms with Crippen LogP contribution in [-0.4, -0.2) is 5.78 Å². The van der Waals surface area contributed by atoms with Crippen LogP contribution in [0.25, 0.3) is 0 Å². The summed E-state index contributed by atoms with van der Waals surface area (Å²) in [5, 5.41) is 0.849. The van der Waals surface area contributed by atoms with E-state index in [1.807, 2.05) is 30.3 Å². The number of Topliss-reactive ketones (excluding diaryl/α,β-unsaturated/α-hetero) is 1. The normalized spacial score (nSPS) is 13.8. The van der Waals surface area contributed by atoms with Gasteiger partial charge in [-0.1, -0.05) is 65.7 Å². The minimum absolute atomic E-state index is 0.104. The molecule has 2 aromatic rings. The maximum Gasteiger partial charge on any atom is 0.161 e. The average molecular weight is 308 g/mol. The van der Waals surface area contributed by atoms with Gasteiger partial charge in [0, 0.05) is 6.42 Å². The zero-order chi connectivity index (χ0) is 14.8. The van der Waals surface area contributed by atoms with Crippen LogP contribution in [0.3, 0.4) is 0 Å². The molecule has 0 saturated carbocycles. The first-order chi connectivity index (χ1) is 9.43. The molecule has 2 N–H and O–H groups in total. The van der Waals surface area contributed by atoms with E-state index in [1.54, 1.807) is 25.1 Å². The van der Waals surface area contributed by atoms with E-state index in [1.165, 1.54) is 0 Å². The summed E-state index contributed by atoms with van der Waals surface area (Å²) in [5.41, 5.74) is 6.62. The van der Waals surface area contributed by atoms with Crippen molar-refractivity contribution in [3.05, 3.63) is 69.7 Å². The van der Waals surface area contributed by atoms with E-state index in [0.717, 1.165) is 5.56 Å². The molecule has 2 rings (SSSR count). The fraction of sp³-hybridized carbons (Fsp3) is 0.188. The number of benzene rings is 2. The largest absolute Gasteiger partial charge is 0.315 e. The third-order valence-electron chi connectivity index (χ3n) is 3.34. The Balaban J connectivity index is 2.26. The van der Waals surface area contributed by atoms with Gasteiger partial charge in [0.25, 0.3) is 0 Å². The summed E-state index contributed by atoms with van der Waals surface area (Å²) in [5.74, 6) is -0.104. The van der Waals surface area contributed by atoms with Gasteiger partial charge in [-0.25, -0.2) is 0 Å². The van der Waals surface area contributed by atoms with Crippen LogP contribution < -0.4 is 5.73 Å². The van der Waals surface area contributed by atoms with Crippen molar-refractivity contribution in [3.8, 4) is 0 Å². The molecule has 0 heterocycles. The third kappa shape index (κ3) is 3.04. The van der Waals surface area contributed by atoms with Crippen LogP contribution in [0.1, 0.15) is 18.1 Å². The summed E-state index contributed by atoms with van der Waals surface area (Å²) >= 11 is 12.1. The first kappa shape index (κ1) is 15.0. The quantitative estimate of drug-likeness (QED) is 0.928. The second kappa shape index (κ2) is 5.96. The van der Waals surface area contributed by atoms with Crippen molar-refractivity contribution < 1.29 is 4.79 Å². The van der Waals surface area contributed by atoms with E-state index in [4.69, 9.17) is 28.9 Å². The molecule has 4 heteroatoms. The molecule has 0 aliphatic heterocycles. The number of ketones is 1. The summed E-state index contributed by atoms with van der Waals surface area (Å²) < 4.78 is 0. The Morgan fingerprint density at radius 2 is 1.75 bits per heavy atom. The molecule has 0 saturated heterocycles. The Hall–Kier alpha value is -1.35. The van der Waals surface area contributed by atoms with Gasteiger partial charge >= 0.3 is 0 Å². The van der Waals surface area contributed by atoms with Crippen molar-refractivity contribution in [2.75, 3.05) is 0 Å². The Morgan fingerprint density at radius 1 is 1.10 bits per heavy atom. The van der Waals surface area contributed by atoms with E-state index < -0.39 is 5.54 Å².